The van der Waals surface area contributed by atoms with E-state index in [1.807, 2.05) is 71.7 Å². The van der Waals surface area contributed by atoms with E-state index in [9.17, 15) is 4.79 Å². The van der Waals surface area contributed by atoms with E-state index in [0.717, 1.165) is 22.6 Å². The minimum atomic E-state index is -0.785. The lowest BCUT2D eigenvalue weighted by atomic mass is 9.96. The minimum absolute atomic E-state index is 0.0340. The van der Waals surface area contributed by atoms with E-state index in [4.69, 9.17) is 21.4 Å². The van der Waals surface area contributed by atoms with Gasteiger partial charge in [-0.1, -0.05) is 72.3 Å². The molecule has 2 unspecified atom stereocenters. The van der Waals surface area contributed by atoms with Crippen LogP contribution in [-0.2, 0) is 0 Å². The molecule has 3 aromatic rings. The highest BCUT2D eigenvalue weighted by Crippen LogP contribution is 2.43. The number of carbonyl (C=O) groups is 1. The van der Waals surface area contributed by atoms with Gasteiger partial charge in [-0.2, -0.15) is 5.10 Å². The zero-order valence-electron chi connectivity index (χ0n) is 15.0. The lowest BCUT2D eigenvalue weighted by Gasteiger charge is -2.37. The number of hydrogen-bond acceptors (Lipinski definition) is 4. The van der Waals surface area contributed by atoms with E-state index in [1.54, 1.807) is 12.1 Å². The third kappa shape index (κ3) is 2.86. The van der Waals surface area contributed by atoms with Gasteiger partial charge in [-0.15, -0.1) is 0 Å². The van der Waals surface area contributed by atoms with Crippen molar-refractivity contribution in [3.05, 3.63) is 101 Å². The van der Waals surface area contributed by atoms with E-state index in [0.29, 0.717) is 17.0 Å². The molecule has 5 heteroatoms. The van der Waals surface area contributed by atoms with Gasteiger partial charge in [0.05, 0.1) is 11.8 Å². The zero-order valence-corrected chi connectivity index (χ0v) is 15.7. The molecule has 0 amide bonds. The normalized spacial score (nSPS) is 20.0. The molecular weight excluding hydrogens is 372 g/mol. The Morgan fingerprint density at radius 1 is 0.964 bits per heavy atom. The largest absolute Gasteiger partial charge is 0.461 e. The maximum absolute atomic E-state index is 13.2. The van der Waals surface area contributed by atoms with Gasteiger partial charge in [0.25, 0.3) is 6.23 Å². The van der Waals surface area contributed by atoms with Gasteiger partial charge in [-0.25, -0.2) is 5.01 Å². The summed E-state index contributed by atoms with van der Waals surface area (Å²) in [6.07, 6.45) is -0.0762. The van der Waals surface area contributed by atoms with Crippen LogP contribution >= 0.6 is 11.6 Å². The number of halogens is 1. The van der Waals surface area contributed by atoms with Crippen LogP contribution in [0.2, 0.25) is 5.02 Å². The van der Waals surface area contributed by atoms with Crippen molar-refractivity contribution in [3.8, 4) is 5.75 Å². The molecule has 3 aromatic carbocycles. The fourth-order valence-corrected chi connectivity index (χ4v) is 3.89. The topological polar surface area (TPSA) is 41.9 Å². The number of ketones is 1. The van der Waals surface area contributed by atoms with Crippen molar-refractivity contribution in [1.82, 2.24) is 5.01 Å². The van der Waals surface area contributed by atoms with Crippen molar-refractivity contribution < 1.29 is 9.53 Å². The number of para-hydroxylation sites is 1. The number of hydrogen-bond donors (Lipinski definition) is 0. The van der Waals surface area contributed by atoms with Crippen LogP contribution in [0.4, 0.5) is 0 Å². The molecule has 2 aliphatic heterocycles. The summed E-state index contributed by atoms with van der Waals surface area (Å²) in [5.74, 6) is 0.645. The van der Waals surface area contributed by atoms with Gasteiger partial charge in [0.15, 0.2) is 0 Å². The van der Waals surface area contributed by atoms with E-state index in [2.05, 4.69) is 0 Å². The molecule has 0 fully saturated rings. The van der Waals surface area contributed by atoms with Gasteiger partial charge < -0.3 is 4.74 Å². The van der Waals surface area contributed by atoms with Crippen LogP contribution < -0.4 is 4.74 Å². The molecule has 0 N–H and O–H groups in total. The second-order valence-corrected chi connectivity index (χ2v) is 7.33. The molecule has 0 radical (unpaired) electrons. The van der Waals surface area contributed by atoms with Crippen molar-refractivity contribution in [1.29, 1.82) is 0 Å². The molecule has 0 aromatic heterocycles. The highest BCUT2D eigenvalue weighted by molar-refractivity contribution is 6.30. The molecule has 4 nitrogen and oxygen atoms in total. The Balaban J connectivity index is 1.56. The van der Waals surface area contributed by atoms with Crippen LogP contribution in [0.25, 0.3) is 0 Å². The molecule has 0 bridgehead atoms. The Hall–Kier alpha value is -3.11. The molecule has 28 heavy (non-hydrogen) atoms. The number of nitrogens with zero attached hydrogens (tertiary/aromatic N) is 2. The summed E-state index contributed by atoms with van der Waals surface area (Å²) in [4.78, 5) is 13.2. The van der Waals surface area contributed by atoms with Crippen LogP contribution in [0.1, 0.15) is 33.9 Å². The number of fused-ring (bicyclic) bond motifs is 3. The van der Waals surface area contributed by atoms with Crippen LogP contribution in [-0.4, -0.2) is 22.7 Å². The summed E-state index contributed by atoms with van der Waals surface area (Å²) in [6.45, 7) is 0. The Morgan fingerprint density at radius 2 is 1.68 bits per heavy atom. The molecule has 5 rings (SSSR count). The van der Waals surface area contributed by atoms with Gasteiger partial charge in [0.2, 0.25) is 5.78 Å². The fourth-order valence-electron chi connectivity index (χ4n) is 3.77. The van der Waals surface area contributed by atoms with Crippen molar-refractivity contribution in [3.63, 3.8) is 0 Å². The van der Waals surface area contributed by atoms with Gasteiger partial charge in [-0.3, -0.25) is 4.79 Å². The van der Waals surface area contributed by atoms with Crippen LogP contribution in [0.3, 0.4) is 0 Å². The molecular formula is C23H17ClN2O2. The lowest BCUT2D eigenvalue weighted by molar-refractivity contribution is -0.00455. The standard InChI is InChI=1S/C23H17ClN2O2/c24-17-12-10-15(11-13-17)19-14-20-18-8-4-5-9-21(18)28-23(26(20)25-19)22(27)16-6-2-1-3-7-16/h1-13,20,23H,14H2. The molecule has 0 saturated carbocycles. The number of Topliss-reactive ketones (excluding diaryl/α,β-unsaturated/α-hetero) is 1. The second-order valence-electron chi connectivity index (χ2n) is 6.89. The van der Waals surface area contributed by atoms with Crippen molar-refractivity contribution in [2.75, 3.05) is 0 Å². The van der Waals surface area contributed by atoms with E-state index >= 15 is 0 Å². The van der Waals surface area contributed by atoms with Crippen LogP contribution in [0.15, 0.2) is 84.0 Å². The van der Waals surface area contributed by atoms with E-state index in [-0.39, 0.29) is 11.8 Å². The average molecular weight is 389 g/mol. The SMILES string of the molecule is O=C(c1ccccc1)C1Oc2ccccc2C2CC(c3ccc(Cl)cc3)=NN12. The molecule has 2 atom stereocenters. The number of carbonyl (C=O) groups excluding carboxylic acids is 1. The predicted octanol–water partition coefficient (Wildman–Crippen LogP) is 5.09. The number of rotatable bonds is 3. The maximum Gasteiger partial charge on any atom is 0.251 e. The third-order valence-electron chi connectivity index (χ3n) is 5.16. The Bertz CT molecular complexity index is 1060. The first kappa shape index (κ1) is 17.0. The molecule has 0 aliphatic carbocycles. The maximum atomic E-state index is 13.2. The quantitative estimate of drug-likeness (QED) is 0.587. The van der Waals surface area contributed by atoms with Gasteiger partial charge in [-0.05, 0) is 23.8 Å². The molecule has 2 heterocycles. The van der Waals surface area contributed by atoms with E-state index in [1.165, 1.54) is 0 Å². The fraction of sp³-hybridized carbons (Fsp3) is 0.130. The first-order chi connectivity index (χ1) is 13.7. The first-order valence-electron chi connectivity index (χ1n) is 9.17. The van der Waals surface area contributed by atoms with Crippen molar-refractivity contribution in [2.24, 2.45) is 5.10 Å². The van der Waals surface area contributed by atoms with Crippen LogP contribution in [0, 0.1) is 0 Å². The van der Waals surface area contributed by atoms with Crippen LogP contribution in [0.5, 0.6) is 5.75 Å². The number of hydrazone groups is 1. The second kappa shape index (κ2) is 6.80. The lowest BCUT2D eigenvalue weighted by Crippen LogP contribution is -2.45. The van der Waals surface area contributed by atoms with E-state index < -0.39 is 6.23 Å². The van der Waals surface area contributed by atoms with Gasteiger partial charge in [0.1, 0.15) is 5.75 Å². The average Bonchev–Trinajstić information content (AvgIpc) is 3.19. The summed E-state index contributed by atoms with van der Waals surface area (Å²) in [5.41, 5.74) is 3.59. The summed E-state index contributed by atoms with van der Waals surface area (Å²) in [7, 11) is 0. The highest BCUT2D eigenvalue weighted by Gasteiger charge is 2.43. The summed E-state index contributed by atoms with van der Waals surface area (Å²) in [5, 5.41) is 7.29. The monoisotopic (exact) mass is 388 g/mol. The predicted molar refractivity (Wildman–Crippen MR) is 109 cm³/mol. The Labute approximate surface area is 168 Å². The van der Waals surface area contributed by atoms with Gasteiger partial charge >= 0.3 is 0 Å². The number of ether oxygens (including phenoxy) is 1. The summed E-state index contributed by atoms with van der Waals surface area (Å²) >= 11 is 6.02. The molecule has 138 valence electrons. The molecule has 0 spiro atoms. The highest BCUT2D eigenvalue weighted by atomic mass is 35.5. The number of benzene rings is 3. The van der Waals surface area contributed by atoms with Gasteiger partial charge in [0, 0.05) is 22.6 Å². The summed E-state index contributed by atoms with van der Waals surface area (Å²) < 4.78 is 6.11. The van der Waals surface area contributed by atoms with Crippen molar-refractivity contribution >= 4 is 23.1 Å². The Morgan fingerprint density at radius 3 is 2.46 bits per heavy atom. The third-order valence-corrected chi connectivity index (χ3v) is 5.41. The Kier molecular flexibility index (Phi) is 4.14. The molecule has 2 aliphatic rings. The van der Waals surface area contributed by atoms with Crippen molar-refractivity contribution in [2.45, 2.75) is 18.7 Å². The molecule has 0 saturated heterocycles. The minimum Gasteiger partial charge on any atom is -0.461 e. The smallest absolute Gasteiger partial charge is 0.251 e. The zero-order chi connectivity index (χ0) is 19.1. The first-order valence-corrected chi connectivity index (χ1v) is 9.55. The summed E-state index contributed by atoms with van der Waals surface area (Å²) in [6, 6.07) is 24.7.